The van der Waals surface area contributed by atoms with E-state index in [1.807, 2.05) is 30.5 Å². The van der Waals surface area contributed by atoms with Crippen LogP contribution in [-0.2, 0) is 6.42 Å². The molecule has 29 heavy (non-hydrogen) atoms. The third-order valence-electron chi connectivity index (χ3n) is 4.56. The number of nitrogens with zero attached hydrogens (tertiary/aromatic N) is 1. The van der Waals surface area contributed by atoms with E-state index >= 15 is 0 Å². The number of pyridine rings is 1. The minimum Gasteiger partial charge on any atom is -0.361 e. The van der Waals surface area contributed by atoms with Crippen LogP contribution in [0.2, 0.25) is 0 Å². The molecule has 2 aromatic heterocycles. The van der Waals surface area contributed by atoms with Crippen molar-refractivity contribution in [1.82, 2.24) is 15.3 Å². The van der Waals surface area contributed by atoms with Crippen molar-refractivity contribution in [3.05, 3.63) is 89.9 Å². The van der Waals surface area contributed by atoms with Crippen LogP contribution < -0.4 is 10.6 Å². The summed E-state index contributed by atoms with van der Waals surface area (Å²) in [5.74, 6) is -2.12. The van der Waals surface area contributed by atoms with Gasteiger partial charge < -0.3 is 15.6 Å². The molecule has 4 aromatic rings. The van der Waals surface area contributed by atoms with Gasteiger partial charge in [-0.1, -0.05) is 18.2 Å². The maximum Gasteiger partial charge on any atom is 0.269 e. The van der Waals surface area contributed by atoms with Crippen molar-refractivity contribution in [2.75, 3.05) is 11.9 Å². The van der Waals surface area contributed by atoms with Gasteiger partial charge in [0, 0.05) is 35.4 Å². The number of carbonyl (C=O) groups is 1. The standard InChI is InChI=1S/C22H18F2N4O/c23-18-7-5-15(11-19(18)24)28-16-6-8-21(27-13-16)22(29)25-10-9-14-12-26-20-4-2-1-3-17(14)20/h1-8,11-13,26,28H,9-10H2,(H,25,29). The monoisotopic (exact) mass is 392 g/mol. The van der Waals surface area contributed by atoms with Gasteiger partial charge in [-0.15, -0.1) is 0 Å². The number of carbonyl (C=O) groups excluding carboxylic acids is 1. The summed E-state index contributed by atoms with van der Waals surface area (Å²) in [7, 11) is 0. The fourth-order valence-corrected chi connectivity index (χ4v) is 3.08. The molecule has 3 N–H and O–H groups in total. The third kappa shape index (κ3) is 4.24. The van der Waals surface area contributed by atoms with Gasteiger partial charge in [0.1, 0.15) is 5.69 Å². The number of hydrogen-bond donors (Lipinski definition) is 3. The van der Waals surface area contributed by atoms with E-state index in [2.05, 4.69) is 20.6 Å². The Bertz CT molecular complexity index is 1160. The van der Waals surface area contributed by atoms with Crippen LogP contribution >= 0.6 is 0 Å². The average molecular weight is 392 g/mol. The van der Waals surface area contributed by atoms with E-state index in [1.54, 1.807) is 12.1 Å². The van der Waals surface area contributed by atoms with Crippen molar-refractivity contribution in [3.63, 3.8) is 0 Å². The Morgan fingerprint density at radius 2 is 1.83 bits per heavy atom. The molecule has 7 heteroatoms. The van der Waals surface area contributed by atoms with Crippen molar-refractivity contribution in [1.29, 1.82) is 0 Å². The topological polar surface area (TPSA) is 69.8 Å². The Balaban J connectivity index is 1.33. The average Bonchev–Trinajstić information content (AvgIpc) is 3.14. The molecule has 1 amide bonds. The SMILES string of the molecule is O=C(NCCc1c[nH]c2ccccc12)c1ccc(Nc2ccc(F)c(F)c2)cn1. The van der Waals surface area contributed by atoms with E-state index < -0.39 is 11.6 Å². The summed E-state index contributed by atoms with van der Waals surface area (Å²) in [4.78, 5) is 19.6. The largest absolute Gasteiger partial charge is 0.361 e. The van der Waals surface area contributed by atoms with Gasteiger partial charge in [0.2, 0.25) is 0 Å². The van der Waals surface area contributed by atoms with E-state index in [0.717, 1.165) is 28.6 Å². The number of halogens is 2. The molecule has 2 aromatic carbocycles. The molecule has 0 aliphatic heterocycles. The lowest BCUT2D eigenvalue weighted by Gasteiger charge is -2.08. The van der Waals surface area contributed by atoms with Gasteiger partial charge in [-0.3, -0.25) is 4.79 Å². The summed E-state index contributed by atoms with van der Waals surface area (Å²) in [5, 5.41) is 6.92. The predicted molar refractivity (Wildman–Crippen MR) is 108 cm³/mol. The number of H-pyrrole nitrogens is 1. The maximum atomic E-state index is 13.3. The van der Waals surface area contributed by atoms with E-state index in [-0.39, 0.29) is 11.6 Å². The molecule has 0 spiro atoms. The molecule has 4 rings (SSSR count). The van der Waals surface area contributed by atoms with Crippen LogP contribution in [0.3, 0.4) is 0 Å². The number of amides is 1. The van der Waals surface area contributed by atoms with Gasteiger partial charge in [0.05, 0.1) is 11.9 Å². The molecule has 146 valence electrons. The highest BCUT2D eigenvalue weighted by Crippen LogP contribution is 2.19. The minimum atomic E-state index is -0.936. The zero-order chi connectivity index (χ0) is 20.2. The number of aromatic amines is 1. The lowest BCUT2D eigenvalue weighted by Crippen LogP contribution is -2.26. The lowest BCUT2D eigenvalue weighted by molar-refractivity contribution is 0.0949. The summed E-state index contributed by atoms with van der Waals surface area (Å²) in [6, 6.07) is 14.8. The van der Waals surface area contributed by atoms with E-state index in [4.69, 9.17) is 0 Å². The number of fused-ring (bicyclic) bond motifs is 1. The molecule has 0 radical (unpaired) electrons. The van der Waals surface area contributed by atoms with Gasteiger partial charge in [0.25, 0.3) is 5.91 Å². The van der Waals surface area contributed by atoms with Gasteiger partial charge in [-0.2, -0.15) is 0 Å². The molecule has 0 aliphatic carbocycles. The van der Waals surface area contributed by atoms with Crippen LogP contribution in [0.4, 0.5) is 20.2 Å². The zero-order valence-electron chi connectivity index (χ0n) is 15.4. The number of para-hydroxylation sites is 1. The second kappa shape index (κ2) is 8.10. The first-order chi connectivity index (χ1) is 14.1. The second-order valence-corrected chi connectivity index (χ2v) is 6.55. The molecular formula is C22H18F2N4O. The molecule has 5 nitrogen and oxygen atoms in total. The summed E-state index contributed by atoms with van der Waals surface area (Å²) < 4.78 is 26.3. The molecular weight excluding hydrogens is 374 g/mol. The smallest absolute Gasteiger partial charge is 0.269 e. The quantitative estimate of drug-likeness (QED) is 0.451. The molecule has 0 bridgehead atoms. The van der Waals surface area contributed by atoms with Crippen LogP contribution in [0.15, 0.2) is 67.0 Å². The number of nitrogens with one attached hydrogen (secondary N) is 3. The van der Waals surface area contributed by atoms with Crippen molar-refractivity contribution < 1.29 is 13.6 Å². The third-order valence-corrected chi connectivity index (χ3v) is 4.56. The van der Waals surface area contributed by atoms with Crippen LogP contribution in [-0.4, -0.2) is 22.4 Å². The fourth-order valence-electron chi connectivity index (χ4n) is 3.08. The first-order valence-electron chi connectivity index (χ1n) is 9.11. The number of aromatic nitrogens is 2. The molecule has 0 fully saturated rings. The number of benzene rings is 2. The van der Waals surface area contributed by atoms with Crippen LogP contribution in [0.1, 0.15) is 16.1 Å². The highest BCUT2D eigenvalue weighted by atomic mass is 19.2. The first kappa shape index (κ1) is 18.6. The number of rotatable bonds is 6. The van der Waals surface area contributed by atoms with Crippen molar-refractivity contribution in [2.24, 2.45) is 0 Å². The maximum absolute atomic E-state index is 13.3. The van der Waals surface area contributed by atoms with E-state index in [0.29, 0.717) is 24.3 Å². The Hall–Kier alpha value is -3.74. The summed E-state index contributed by atoms with van der Waals surface area (Å²) in [6.45, 7) is 0.483. The van der Waals surface area contributed by atoms with Gasteiger partial charge in [-0.25, -0.2) is 13.8 Å². The van der Waals surface area contributed by atoms with Crippen LogP contribution in [0, 0.1) is 11.6 Å². The second-order valence-electron chi connectivity index (χ2n) is 6.55. The normalized spacial score (nSPS) is 10.8. The van der Waals surface area contributed by atoms with Crippen molar-refractivity contribution >= 4 is 28.2 Å². The van der Waals surface area contributed by atoms with Crippen LogP contribution in [0.25, 0.3) is 10.9 Å². The molecule has 2 heterocycles. The lowest BCUT2D eigenvalue weighted by atomic mass is 10.1. The van der Waals surface area contributed by atoms with E-state index in [1.165, 1.54) is 12.3 Å². The summed E-state index contributed by atoms with van der Waals surface area (Å²) in [5.41, 5.74) is 3.44. The minimum absolute atomic E-state index is 0.274. The first-order valence-corrected chi connectivity index (χ1v) is 9.11. The Morgan fingerprint density at radius 1 is 1.00 bits per heavy atom. The predicted octanol–water partition coefficient (Wildman–Crippen LogP) is 4.56. The summed E-state index contributed by atoms with van der Waals surface area (Å²) in [6.07, 6.45) is 4.12. The fraction of sp³-hybridized carbons (Fsp3) is 0.0909. The molecule has 0 saturated heterocycles. The molecule has 0 atom stereocenters. The van der Waals surface area contributed by atoms with Crippen molar-refractivity contribution in [3.8, 4) is 0 Å². The molecule has 0 aliphatic rings. The molecule has 0 saturated carbocycles. The van der Waals surface area contributed by atoms with Crippen LogP contribution in [0.5, 0.6) is 0 Å². The Labute approximate surface area is 165 Å². The van der Waals surface area contributed by atoms with Crippen molar-refractivity contribution in [2.45, 2.75) is 6.42 Å². The van der Waals surface area contributed by atoms with Gasteiger partial charge in [0.15, 0.2) is 11.6 Å². The number of hydrogen-bond acceptors (Lipinski definition) is 3. The highest BCUT2D eigenvalue weighted by molar-refractivity contribution is 5.92. The van der Waals surface area contributed by atoms with E-state index in [9.17, 15) is 13.6 Å². The Kier molecular flexibility index (Phi) is 5.20. The zero-order valence-corrected chi connectivity index (χ0v) is 15.4. The Morgan fingerprint density at radius 3 is 2.62 bits per heavy atom. The van der Waals surface area contributed by atoms with Gasteiger partial charge in [-0.05, 0) is 42.3 Å². The number of anilines is 2. The summed E-state index contributed by atoms with van der Waals surface area (Å²) >= 11 is 0. The molecule has 0 unspecified atom stereocenters. The van der Waals surface area contributed by atoms with Gasteiger partial charge >= 0.3 is 0 Å². The highest BCUT2D eigenvalue weighted by Gasteiger charge is 2.09.